The van der Waals surface area contributed by atoms with E-state index in [4.69, 9.17) is 16.3 Å². The van der Waals surface area contributed by atoms with Crippen molar-refractivity contribution in [2.24, 2.45) is 17.3 Å². The van der Waals surface area contributed by atoms with Gasteiger partial charge in [0.2, 0.25) is 0 Å². The average molecular weight is 321 g/mol. The second-order valence-electron chi connectivity index (χ2n) is 7.67. The Morgan fingerprint density at radius 3 is 2.64 bits per heavy atom. The van der Waals surface area contributed by atoms with Crippen molar-refractivity contribution in [3.63, 3.8) is 0 Å². The molecule has 4 aliphatic rings. The summed E-state index contributed by atoms with van der Waals surface area (Å²) in [6.07, 6.45) is 5.27. The van der Waals surface area contributed by atoms with Crippen LogP contribution in [-0.4, -0.2) is 16.7 Å². The van der Waals surface area contributed by atoms with E-state index in [-0.39, 0.29) is 12.6 Å². The van der Waals surface area contributed by atoms with E-state index in [1.54, 1.807) is 0 Å². The van der Waals surface area contributed by atoms with Crippen LogP contribution in [-0.2, 0) is 16.1 Å². The van der Waals surface area contributed by atoms with Gasteiger partial charge in [0.25, 0.3) is 0 Å². The highest BCUT2D eigenvalue weighted by molar-refractivity contribution is 6.30. The molecule has 4 bridgehead atoms. The maximum absolute atomic E-state index is 12.7. The van der Waals surface area contributed by atoms with Crippen molar-refractivity contribution in [2.45, 2.75) is 50.7 Å². The molecule has 4 heteroatoms. The maximum Gasteiger partial charge on any atom is 0.312 e. The summed E-state index contributed by atoms with van der Waals surface area (Å²) in [5.74, 6) is 0.856. The number of hydrogen-bond acceptors (Lipinski definition) is 3. The quantitative estimate of drug-likeness (QED) is 0.863. The lowest BCUT2D eigenvalue weighted by Gasteiger charge is -2.58. The number of esters is 1. The van der Waals surface area contributed by atoms with Gasteiger partial charge in [0, 0.05) is 5.02 Å². The van der Waals surface area contributed by atoms with E-state index in [9.17, 15) is 9.90 Å². The van der Waals surface area contributed by atoms with Gasteiger partial charge in [-0.05, 0) is 68.1 Å². The molecule has 4 saturated carbocycles. The zero-order valence-corrected chi connectivity index (χ0v) is 13.3. The summed E-state index contributed by atoms with van der Waals surface area (Å²) in [6, 6.07) is 7.40. The van der Waals surface area contributed by atoms with Crippen LogP contribution < -0.4 is 0 Å². The molecule has 0 spiro atoms. The highest BCUT2D eigenvalue weighted by Crippen LogP contribution is 2.62. The predicted octanol–water partition coefficient (Wildman–Crippen LogP) is 3.71. The Balaban J connectivity index is 1.48. The average Bonchev–Trinajstić information content (AvgIpc) is 2.42. The van der Waals surface area contributed by atoms with Crippen LogP contribution in [0.5, 0.6) is 0 Å². The monoisotopic (exact) mass is 320 g/mol. The third-order valence-corrected chi connectivity index (χ3v) is 5.96. The number of ether oxygens (including phenoxy) is 1. The first-order valence-electron chi connectivity index (χ1n) is 8.11. The van der Waals surface area contributed by atoms with Gasteiger partial charge in [0.1, 0.15) is 6.61 Å². The van der Waals surface area contributed by atoms with Crippen molar-refractivity contribution in [1.82, 2.24) is 0 Å². The van der Waals surface area contributed by atoms with Crippen LogP contribution in [0.4, 0.5) is 0 Å². The van der Waals surface area contributed by atoms with E-state index < -0.39 is 11.0 Å². The molecule has 1 aromatic rings. The fourth-order valence-corrected chi connectivity index (χ4v) is 5.59. The van der Waals surface area contributed by atoms with Crippen molar-refractivity contribution in [3.05, 3.63) is 34.9 Å². The van der Waals surface area contributed by atoms with Gasteiger partial charge in [0.15, 0.2) is 0 Å². The van der Waals surface area contributed by atoms with Crippen LogP contribution in [0.1, 0.15) is 44.1 Å². The van der Waals surface area contributed by atoms with E-state index >= 15 is 0 Å². The lowest BCUT2D eigenvalue weighted by Crippen LogP contribution is -2.58. The molecule has 1 aromatic carbocycles. The molecule has 0 amide bonds. The summed E-state index contributed by atoms with van der Waals surface area (Å²) in [4.78, 5) is 12.7. The molecule has 2 unspecified atom stereocenters. The first kappa shape index (κ1) is 14.5. The summed E-state index contributed by atoms with van der Waals surface area (Å²) < 4.78 is 5.60. The van der Waals surface area contributed by atoms with Gasteiger partial charge in [0.05, 0.1) is 11.0 Å². The van der Waals surface area contributed by atoms with Gasteiger partial charge in [-0.2, -0.15) is 0 Å². The minimum atomic E-state index is -0.626. The number of halogens is 1. The molecule has 0 aromatic heterocycles. The Morgan fingerprint density at radius 2 is 2.00 bits per heavy atom. The van der Waals surface area contributed by atoms with Crippen LogP contribution in [0, 0.1) is 17.3 Å². The molecule has 0 aliphatic heterocycles. The van der Waals surface area contributed by atoms with Crippen LogP contribution in [0.15, 0.2) is 24.3 Å². The second kappa shape index (κ2) is 4.97. The molecule has 3 nitrogen and oxygen atoms in total. The molecule has 1 N–H and O–H groups in total. The van der Waals surface area contributed by atoms with E-state index in [0.29, 0.717) is 23.3 Å². The normalized spacial score (nSPS) is 39.0. The van der Waals surface area contributed by atoms with Crippen molar-refractivity contribution in [2.75, 3.05) is 0 Å². The SMILES string of the molecule is O=C(OCc1cccc(Cl)c1)C12C[C@@H]3C[C@@H](CC(O)(C3)C1)C2. The number of carbonyl (C=O) groups is 1. The number of benzene rings is 1. The Bertz CT molecular complexity index is 598. The van der Waals surface area contributed by atoms with Gasteiger partial charge in [-0.15, -0.1) is 0 Å². The molecule has 22 heavy (non-hydrogen) atoms. The highest BCUT2D eigenvalue weighted by Gasteiger charge is 2.60. The summed E-state index contributed by atoms with van der Waals surface area (Å²) in [5, 5.41) is 11.4. The number of aliphatic hydroxyl groups is 1. The Morgan fingerprint density at radius 1 is 1.27 bits per heavy atom. The molecule has 4 fully saturated rings. The first-order valence-corrected chi connectivity index (χ1v) is 8.48. The fraction of sp³-hybridized carbons (Fsp3) is 0.611. The van der Waals surface area contributed by atoms with Gasteiger partial charge in [-0.25, -0.2) is 0 Å². The Labute approximate surface area is 135 Å². The fourth-order valence-electron chi connectivity index (χ4n) is 5.38. The topological polar surface area (TPSA) is 46.5 Å². The minimum Gasteiger partial charge on any atom is -0.460 e. The standard InChI is InChI=1S/C18H21ClO3/c19-15-3-1-2-12(5-15)10-22-16(20)17-6-13-4-14(7-17)9-18(21,8-13)11-17/h1-3,5,13-14,21H,4,6-11H2/t13-,14+,17?,18?. The molecule has 118 valence electrons. The molecular weight excluding hydrogens is 300 g/mol. The van der Waals surface area contributed by atoms with E-state index in [1.165, 1.54) is 6.42 Å². The molecular formula is C18H21ClO3. The van der Waals surface area contributed by atoms with Gasteiger partial charge in [-0.3, -0.25) is 4.79 Å². The molecule has 0 saturated heterocycles. The van der Waals surface area contributed by atoms with Crippen molar-refractivity contribution >= 4 is 17.6 Å². The van der Waals surface area contributed by atoms with Crippen LogP contribution in [0.3, 0.4) is 0 Å². The molecule has 4 atom stereocenters. The molecule has 0 heterocycles. The highest BCUT2D eigenvalue weighted by atomic mass is 35.5. The summed E-state index contributed by atoms with van der Waals surface area (Å²) >= 11 is 5.96. The van der Waals surface area contributed by atoms with Crippen LogP contribution in [0.2, 0.25) is 5.02 Å². The third kappa shape index (κ3) is 2.44. The first-order chi connectivity index (χ1) is 10.5. The molecule has 0 radical (unpaired) electrons. The summed E-state index contributed by atoms with van der Waals surface area (Å²) in [5.41, 5.74) is -0.166. The molecule has 5 rings (SSSR count). The third-order valence-electron chi connectivity index (χ3n) is 5.72. The lowest BCUT2D eigenvalue weighted by molar-refractivity contribution is -0.197. The lowest BCUT2D eigenvalue weighted by atomic mass is 9.48. The minimum absolute atomic E-state index is 0.125. The van der Waals surface area contributed by atoms with Gasteiger partial charge >= 0.3 is 5.97 Å². The van der Waals surface area contributed by atoms with Crippen molar-refractivity contribution < 1.29 is 14.6 Å². The largest absolute Gasteiger partial charge is 0.460 e. The van der Waals surface area contributed by atoms with Gasteiger partial charge < -0.3 is 9.84 Å². The predicted molar refractivity (Wildman–Crippen MR) is 83.3 cm³/mol. The van der Waals surface area contributed by atoms with E-state index in [2.05, 4.69) is 0 Å². The smallest absolute Gasteiger partial charge is 0.312 e. The summed E-state index contributed by atoms with van der Waals surface area (Å²) in [7, 11) is 0. The van der Waals surface area contributed by atoms with E-state index in [1.807, 2.05) is 24.3 Å². The maximum atomic E-state index is 12.7. The second-order valence-corrected chi connectivity index (χ2v) is 8.11. The number of hydrogen-bond donors (Lipinski definition) is 1. The van der Waals surface area contributed by atoms with E-state index in [0.717, 1.165) is 31.2 Å². The zero-order chi connectivity index (χ0) is 15.4. The Kier molecular flexibility index (Phi) is 3.28. The van der Waals surface area contributed by atoms with Crippen molar-refractivity contribution in [3.8, 4) is 0 Å². The van der Waals surface area contributed by atoms with Crippen molar-refractivity contribution in [1.29, 1.82) is 0 Å². The Hall–Kier alpha value is -1.06. The number of rotatable bonds is 3. The van der Waals surface area contributed by atoms with Gasteiger partial charge in [-0.1, -0.05) is 23.7 Å². The van der Waals surface area contributed by atoms with Crippen LogP contribution >= 0.6 is 11.6 Å². The zero-order valence-electron chi connectivity index (χ0n) is 12.6. The summed E-state index contributed by atoms with van der Waals surface area (Å²) in [6.45, 7) is 0.259. The molecule has 4 aliphatic carbocycles. The number of carbonyl (C=O) groups excluding carboxylic acids is 1. The van der Waals surface area contributed by atoms with Crippen LogP contribution in [0.25, 0.3) is 0 Å².